The van der Waals surface area contributed by atoms with Crippen LogP contribution >= 0.6 is 0 Å². The first-order valence-corrected chi connectivity index (χ1v) is 11.0. The largest absolute Gasteiger partial charge is 0.483 e. The molecule has 2 heterocycles. The lowest BCUT2D eigenvalue weighted by atomic mass is 9.82. The van der Waals surface area contributed by atoms with Gasteiger partial charge in [0.25, 0.3) is 5.91 Å². The fourth-order valence-corrected chi connectivity index (χ4v) is 4.48. The van der Waals surface area contributed by atoms with Crippen LogP contribution in [0.4, 0.5) is 5.82 Å². The van der Waals surface area contributed by atoms with Gasteiger partial charge in [0, 0.05) is 43.0 Å². The van der Waals surface area contributed by atoms with Crippen LogP contribution in [0.15, 0.2) is 35.5 Å². The van der Waals surface area contributed by atoms with E-state index in [0.29, 0.717) is 38.2 Å². The van der Waals surface area contributed by atoms with Crippen molar-refractivity contribution in [2.45, 2.75) is 45.6 Å². The summed E-state index contributed by atoms with van der Waals surface area (Å²) in [7, 11) is 0. The fraction of sp³-hybridized carbons (Fsp3) is 0.478. The van der Waals surface area contributed by atoms with E-state index in [-0.39, 0.29) is 30.1 Å². The Morgan fingerprint density at radius 1 is 1.29 bits per heavy atom. The number of nitrogens with one attached hydrogen (secondary N) is 2. The van der Waals surface area contributed by atoms with E-state index in [0.717, 1.165) is 29.2 Å². The number of para-hydroxylation sites is 1. The van der Waals surface area contributed by atoms with Crippen molar-refractivity contribution in [1.29, 1.82) is 0 Å². The summed E-state index contributed by atoms with van der Waals surface area (Å²) in [5.41, 5.74) is 1.96. The highest BCUT2D eigenvalue weighted by Gasteiger charge is 2.36. The van der Waals surface area contributed by atoms with Gasteiger partial charge in [-0.2, -0.15) is 5.10 Å². The molecule has 1 aliphatic heterocycles. The van der Waals surface area contributed by atoms with Crippen molar-refractivity contribution in [2.75, 3.05) is 25.0 Å². The van der Waals surface area contributed by atoms with Crippen LogP contribution in [0.2, 0.25) is 0 Å². The van der Waals surface area contributed by atoms with Gasteiger partial charge in [0.05, 0.1) is 12.7 Å². The van der Waals surface area contributed by atoms with E-state index in [1.54, 1.807) is 11.1 Å². The van der Waals surface area contributed by atoms with Gasteiger partial charge < -0.3 is 15.0 Å². The van der Waals surface area contributed by atoms with Crippen molar-refractivity contribution in [3.05, 3.63) is 41.6 Å². The number of ether oxygens (including phenoxy) is 1. The Kier molecular flexibility index (Phi) is 6.34. The predicted molar refractivity (Wildman–Crippen MR) is 118 cm³/mol. The summed E-state index contributed by atoms with van der Waals surface area (Å²) in [6, 6.07) is 7.76. The minimum atomic E-state index is -0.123. The number of H-pyrrole nitrogens is 1. The molecule has 1 aromatic carbocycles. The number of amides is 1. The van der Waals surface area contributed by atoms with E-state index in [1.807, 2.05) is 38.1 Å². The number of fused-ring (bicyclic) bond motifs is 1. The van der Waals surface area contributed by atoms with Crippen molar-refractivity contribution < 1.29 is 14.3 Å². The SMILES string of the molecule is CCN(CC)C(=O)COc1ccccc1C(C1=NCc2cn[nH]c2N1)C1CCC(=O)C1. The first-order valence-electron chi connectivity index (χ1n) is 11.0. The van der Waals surface area contributed by atoms with E-state index < -0.39 is 0 Å². The van der Waals surface area contributed by atoms with Gasteiger partial charge in [-0.15, -0.1) is 0 Å². The smallest absolute Gasteiger partial charge is 0.260 e. The van der Waals surface area contributed by atoms with Crippen LogP contribution < -0.4 is 10.1 Å². The number of Topliss-reactive ketones (excluding diaryl/α,β-unsaturated/α-hetero) is 1. The molecule has 0 spiro atoms. The number of anilines is 1. The molecule has 8 heteroatoms. The third kappa shape index (κ3) is 4.47. The second-order valence-electron chi connectivity index (χ2n) is 8.01. The second-order valence-corrected chi connectivity index (χ2v) is 8.01. The molecule has 0 saturated heterocycles. The molecular formula is C23H29N5O3. The number of hydrogen-bond acceptors (Lipinski definition) is 6. The zero-order valence-electron chi connectivity index (χ0n) is 18.1. The molecule has 31 heavy (non-hydrogen) atoms. The maximum atomic E-state index is 12.5. The molecule has 2 atom stereocenters. The Balaban J connectivity index is 1.62. The van der Waals surface area contributed by atoms with Gasteiger partial charge in [0.15, 0.2) is 6.61 Å². The van der Waals surface area contributed by atoms with Crippen molar-refractivity contribution in [3.8, 4) is 5.75 Å². The Morgan fingerprint density at radius 2 is 2.10 bits per heavy atom. The lowest BCUT2D eigenvalue weighted by Gasteiger charge is -2.29. The quantitative estimate of drug-likeness (QED) is 0.680. The monoisotopic (exact) mass is 423 g/mol. The zero-order chi connectivity index (χ0) is 21.8. The minimum absolute atomic E-state index is 0.0143. The van der Waals surface area contributed by atoms with Crippen LogP contribution in [0.1, 0.15) is 50.2 Å². The number of benzene rings is 1. The second kappa shape index (κ2) is 9.32. The highest BCUT2D eigenvalue weighted by molar-refractivity contribution is 6.02. The molecule has 2 aliphatic rings. The number of hydrogen-bond donors (Lipinski definition) is 2. The van der Waals surface area contributed by atoms with Gasteiger partial charge in [0.1, 0.15) is 23.2 Å². The number of aromatic amines is 1. The number of amidine groups is 1. The molecule has 4 rings (SSSR count). The van der Waals surface area contributed by atoms with Crippen LogP contribution in [0.5, 0.6) is 5.75 Å². The minimum Gasteiger partial charge on any atom is -0.483 e. The summed E-state index contributed by atoms with van der Waals surface area (Å²) in [5, 5.41) is 10.5. The number of aliphatic imine (C=N–C) groups is 1. The normalized spacial score (nSPS) is 18.7. The lowest BCUT2D eigenvalue weighted by molar-refractivity contribution is -0.133. The third-order valence-electron chi connectivity index (χ3n) is 6.16. The van der Waals surface area contributed by atoms with Crippen molar-refractivity contribution >= 4 is 23.3 Å². The number of aromatic nitrogens is 2. The van der Waals surface area contributed by atoms with Gasteiger partial charge in [-0.1, -0.05) is 18.2 Å². The average Bonchev–Trinajstić information content (AvgIpc) is 3.43. The molecule has 1 saturated carbocycles. The van der Waals surface area contributed by atoms with Gasteiger partial charge in [0.2, 0.25) is 0 Å². The molecule has 164 valence electrons. The maximum Gasteiger partial charge on any atom is 0.260 e. The van der Waals surface area contributed by atoms with Gasteiger partial charge >= 0.3 is 0 Å². The lowest BCUT2D eigenvalue weighted by Crippen LogP contribution is -2.35. The summed E-state index contributed by atoms with van der Waals surface area (Å²) in [4.78, 5) is 31.1. The fourth-order valence-electron chi connectivity index (χ4n) is 4.48. The van der Waals surface area contributed by atoms with Gasteiger partial charge in [-0.3, -0.25) is 19.7 Å². The topological polar surface area (TPSA) is 99.7 Å². The molecule has 1 aromatic heterocycles. The first kappa shape index (κ1) is 21.1. The molecule has 2 unspecified atom stereocenters. The van der Waals surface area contributed by atoms with Crippen LogP contribution in [0.3, 0.4) is 0 Å². The van der Waals surface area contributed by atoms with E-state index in [1.165, 1.54) is 0 Å². The standard InChI is InChI=1S/C23H29N5O3/c1-3-28(4-2)20(30)14-31-19-8-6-5-7-18(19)21(15-9-10-17(29)11-15)23-24-12-16-13-25-27-22(16)26-23/h5-8,13,15,21H,3-4,9-12,14H2,1-2H3,(H2,24,25,26,27). The number of nitrogens with zero attached hydrogens (tertiary/aromatic N) is 3. The third-order valence-corrected chi connectivity index (χ3v) is 6.16. The Morgan fingerprint density at radius 3 is 2.84 bits per heavy atom. The highest BCUT2D eigenvalue weighted by Crippen LogP contribution is 2.41. The molecule has 2 aromatic rings. The number of carbonyl (C=O) groups is 2. The van der Waals surface area contributed by atoms with Crippen molar-refractivity contribution in [2.24, 2.45) is 10.9 Å². The molecule has 1 aliphatic carbocycles. The van der Waals surface area contributed by atoms with Crippen molar-refractivity contribution in [1.82, 2.24) is 15.1 Å². The summed E-state index contributed by atoms with van der Waals surface area (Å²) >= 11 is 0. The average molecular weight is 424 g/mol. The van der Waals surface area contributed by atoms with E-state index in [4.69, 9.17) is 9.73 Å². The number of carbonyl (C=O) groups excluding carboxylic acids is 2. The molecule has 1 fully saturated rings. The van der Waals surface area contributed by atoms with Gasteiger partial charge in [-0.25, -0.2) is 0 Å². The van der Waals surface area contributed by atoms with Gasteiger partial charge in [-0.05, 0) is 32.3 Å². The van der Waals surface area contributed by atoms with E-state index in [9.17, 15) is 9.59 Å². The summed E-state index contributed by atoms with van der Waals surface area (Å²) in [6.07, 6.45) is 3.69. The molecule has 1 amide bonds. The van der Waals surface area contributed by atoms with E-state index in [2.05, 4.69) is 15.5 Å². The summed E-state index contributed by atoms with van der Waals surface area (Å²) < 4.78 is 6.02. The highest BCUT2D eigenvalue weighted by atomic mass is 16.5. The molecule has 8 nitrogen and oxygen atoms in total. The molecule has 0 bridgehead atoms. The Labute approximate surface area is 182 Å². The summed E-state index contributed by atoms with van der Waals surface area (Å²) in [6.45, 7) is 5.74. The predicted octanol–water partition coefficient (Wildman–Crippen LogP) is 3.13. The van der Waals surface area contributed by atoms with E-state index >= 15 is 0 Å². The molecular weight excluding hydrogens is 394 g/mol. The molecule has 0 radical (unpaired) electrons. The van der Waals surface area contributed by atoms with Crippen LogP contribution in [0.25, 0.3) is 0 Å². The van der Waals surface area contributed by atoms with Crippen LogP contribution in [-0.2, 0) is 16.1 Å². The molecule has 2 N–H and O–H groups in total. The number of rotatable bonds is 8. The maximum absolute atomic E-state index is 12.5. The number of likely N-dealkylation sites (N-methyl/N-ethyl adjacent to an activating group) is 1. The zero-order valence-corrected chi connectivity index (χ0v) is 18.1. The number of ketones is 1. The Hall–Kier alpha value is -3.16. The Bertz CT molecular complexity index is 979. The van der Waals surface area contributed by atoms with Crippen molar-refractivity contribution in [3.63, 3.8) is 0 Å². The van der Waals surface area contributed by atoms with Crippen LogP contribution in [-0.4, -0.2) is 52.3 Å². The van der Waals surface area contributed by atoms with Crippen LogP contribution in [0, 0.1) is 5.92 Å². The summed E-state index contributed by atoms with van der Waals surface area (Å²) in [5.74, 6) is 2.56. The first-order chi connectivity index (χ1) is 15.1.